The van der Waals surface area contributed by atoms with Crippen molar-refractivity contribution < 1.29 is 14.0 Å². The summed E-state index contributed by atoms with van der Waals surface area (Å²) in [5.74, 6) is 0.147. The van der Waals surface area contributed by atoms with Crippen molar-refractivity contribution in [2.24, 2.45) is 0 Å². The van der Waals surface area contributed by atoms with Gasteiger partial charge in [-0.25, -0.2) is 0 Å². The van der Waals surface area contributed by atoms with Crippen molar-refractivity contribution in [3.05, 3.63) is 0 Å². The highest BCUT2D eigenvalue weighted by atomic mass is 28.4. The summed E-state index contributed by atoms with van der Waals surface area (Å²) in [5.41, 5.74) is 0. The first-order chi connectivity index (χ1) is 13.2. The average Bonchev–Trinajstić information content (AvgIpc) is 2.94. The van der Waals surface area contributed by atoms with E-state index in [-0.39, 0.29) is 29.6 Å². The minimum atomic E-state index is -1.94. The second kappa shape index (κ2) is 13.2. The molecule has 28 heavy (non-hydrogen) atoms. The molecule has 0 radical (unpaired) electrons. The number of hydrogen-bond acceptors (Lipinski definition) is 3. The molecule has 1 fully saturated rings. The van der Waals surface area contributed by atoms with Crippen LogP contribution in [0.15, 0.2) is 0 Å². The monoisotopic (exact) mass is 412 g/mol. The quantitative estimate of drug-likeness (QED) is 0.207. The molecule has 4 heteroatoms. The molecule has 1 saturated heterocycles. The molecule has 0 unspecified atom stereocenters. The van der Waals surface area contributed by atoms with Crippen molar-refractivity contribution in [2.45, 2.75) is 142 Å². The first kappa shape index (κ1) is 25.8. The molecule has 0 aromatic carbocycles. The lowest BCUT2D eigenvalue weighted by atomic mass is 10.0. The molecule has 3 nitrogen and oxygen atoms in total. The number of ether oxygens (including phenoxy) is 1. The molecule has 0 aliphatic carbocycles. The number of rotatable bonds is 15. The number of unbranched alkanes of at least 4 members (excludes halogenated alkanes) is 11. The van der Waals surface area contributed by atoms with Gasteiger partial charge in [0.1, 0.15) is 12.7 Å². The Morgan fingerprint density at radius 1 is 0.893 bits per heavy atom. The zero-order valence-corrected chi connectivity index (χ0v) is 20.8. The lowest BCUT2D eigenvalue weighted by Gasteiger charge is -2.38. The van der Waals surface area contributed by atoms with Crippen molar-refractivity contribution in [1.82, 2.24) is 0 Å². The van der Waals surface area contributed by atoms with Crippen LogP contribution < -0.4 is 0 Å². The molecule has 1 heterocycles. The third kappa shape index (κ3) is 9.54. The molecule has 2 atom stereocenters. The summed E-state index contributed by atoms with van der Waals surface area (Å²) in [4.78, 5) is 12.3. The largest absolute Gasteiger partial charge is 0.404 e. The van der Waals surface area contributed by atoms with Crippen molar-refractivity contribution in [3.63, 3.8) is 0 Å². The number of ketones is 1. The van der Waals surface area contributed by atoms with Crippen LogP contribution in [0.4, 0.5) is 0 Å². The third-order valence-electron chi connectivity index (χ3n) is 6.66. The Bertz CT molecular complexity index is 428. The van der Waals surface area contributed by atoms with E-state index in [1.54, 1.807) is 0 Å². The Hall–Kier alpha value is -0.193. The molecular weight excluding hydrogens is 364 g/mol. The number of carbonyl (C=O) groups excluding carboxylic acids is 1. The molecule has 1 rings (SSSR count). The predicted octanol–water partition coefficient (Wildman–Crippen LogP) is 7.44. The molecule has 0 amide bonds. The van der Waals surface area contributed by atoms with E-state index in [0.717, 1.165) is 12.8 Å². The van der Waals surface area contributed by atoms with Gasteiger partial charge in [0.15, 0.2) is 14.1 Å². The molecule has 0 N–H and O–H groups in total. The Balaban J connectivity index is 2.13. The minimum Gasteiger partial charge on any atom is -0.404 e. The van der Waals surface area contributed by atoms with E-state index < -0.39 is 8.32 Å². The first-order valence-electron chi connectivity index (χ1n) is 12.0. The smallest absolute Gasteiger partial charge is 0.193 e. The summed E-state index contributed by atoms with van der Waals surface area (Å²) in [5, 5.41) is 0.121. The molecule has 0 aromatic heterocycles. The summed E-state index contributed by atoms with van der Waals surface area (Å²) >= 11 is 0. The Morgan fingerprint density at radius 2 is 1.36 bits per heavy atom. The Labute approximate surface area is 176 Å². The fourth-order valence-corrected chi connectivity index (χ4v) is 4.89. The van der Waals surface area contributed by atoms with Crippen LogP contribution in [0.2, 0.25) is 18.1 Å². The molecule has 0 spiro atoms. The van der Waals surface area contributed by atoms with E-state index in [9.17, 15) is 4.79 Å². The molecular formula is C24H48O3Si. The van der Waals surface area contributed by atoms with Gasteiger partial charge in [-0.05, 0) is 24.6 Å². The highest BCUT2D eigenvalue weighted by molar-refractivity contribution is 6.74. The zero-order valence-electron chi connectivity index (χ0n) is 19.8. The van der Waals surface area contributed by atoms with E-state index in [2.05, 4.69) is 40.8 Å². The number of hydrogen-bond donors (Lipinski definition) is 0. The average molecular weight is 413 g/mol. The van der Waals surface area contributed by atoms with Crippen LogP contribution >= 0.6 is 0 Å². The van der Waals surface area contributed by atoms with Crippen LogP contribution in [0.3, 0.4) is 0 Å². The van der Waals surface area contributed by atoms with Gasteiger partial charge in [0.05, 0.1) is 6.10 Å². The van der Waals surface area contributed by atoms with Crippen LogP contribution in [-0.4, -0.2) is 32.9 Å². The van der Waals surface area contributed by atoms with Crippen LogP contribution in [0.1, 0.15) is 111 Å². The van der Waals surface area contributed by atoms with Gasteiger partial charge in [-0.2, -0.15) is 0 Å². The maximum atomic E-state index is 12.3. The summed E-state index contributed by atoms with van der Waals surface area (Å²) in [6, 6.07) is 0. The predicted molar refractivity (Wildman–Crippen MR) is 123 cm³/mol. The maximum absolute atomic E-state index is 12.3. The second-order valence-electron chi connectivity index (χ2n) is 10.3. The van der Waals surface area contributed by atoms with Crippen molar-refractivity contribution >= 4 is 14.1 Å². The molecule has 0 saturated carbocycles. The molecule has 1 aliphatic heterocycles. The Morgan fingerprint density at radius 3 is 1.82 bits per heavy atom. The fourth-order valence-electron chi connectivity index (χ4n) is 3.62. The number of carbonyl (C=O) groups is 1. The second-order valence-corrected chi connectivity index (χ2v) is 15.0. The van der Waals surface area contributed by atoms with Gasteiger partial charge in [-0.3, -0.25) is 4.79 Å². The lowest BCUT2D eigenvalue weighted by molar-refractivity contribution is -0.123. The molecule has 0 bridgehead atoms. The van der Waals surface area contributed by atoms with Gasteiger partial charge >= 0.3 is 0 Å². The van der Waals surface area contributed by atoms with Crippen LogP contribution in [0.5, 0.6) is 0 Å². The third-order valence-corrected chi connectivity index (χ3v) is 11.1. The zero-order chi connectivity index (χ0) is 21.0. The topological polar surface area (TPSA) is 35.5 Å². The summed E-state index contributed by atoms with van der Waals surface area (Å²) in [6.07, 6.45) is 16.9. The van der Waals surface area contributed by atoms with Crippen molar-refractivity contribution in [2.75, 3.05) is 6.61 Å². The van der Waals surface area contributed by atoms with Crippen molar-refractivity contribution in [1.29, 1.82) is 0 Å². The summed E-state index contributed by atoms with van der Waals surface area (Å²) in [6.45, 7) is 13.6. The van der Waals surface area contributed by atoms with Gasteiger partial charge in [-0.15, -0.1) is 0 Å². The van der Waals surface area contributed by atoms with E-state index >= 15 is 0 Å². The van der Waals surface area contributed by atoms with E-state index in [1.165, 1.54) is 70.6 Å². The van der Waals surface area contributed by atoms with E-state index in [4.69, 9.17) is 9.16 Å². The Kier molecular flexibility index (Phi) is 12.2. The van der Waals surface area contributed by atoms with Gasteiger partial charge < -0.3 is 9.16 Å². The van der Waals surface area contributed by atoms with Gasteiger partial charge in [-0.1, -0.05) is 105 Å². The maximum Gasteiger partial charge on any atom is 0.193 e. The highest BCUT2D eigenvalue weighted by Crippen LogP contribution is 2.39. The van der Waals surface area contributed by atoms with E-state index in [0.29, 0.717) is 0 Å². The fraction of sp³-hybridized carbons (Fsp3) is 0.958. The normalized spacial score (nSPS) is 20.9. The van der Waals surface area contributed by atoms with Crippen LogP contribution in [0.25, 0.3) is 0 Å². The molecule has 1 aliphatic rings. The standard InChI is InChI=1S/C24H48O3Si/c1-7-8-9-10-11-12-13-14-15-16-17-18-19-22-23(21(25)20-26-22)27-28(5,6)24(2,3)4/h22-23H,7-20H2,1-6H3/t22-,23-/m0/s1. The minimum absolute atomic E-state index is 0.0234. The molecule has 0 aromatic rings. The van der Waals surface area contributed by atoms with Gasteiger partial charge in [0.25, 0.3) is 0 Å². The van der Waals surface area contributed by atoms with Gasteiger partial charge in [0.2, 0.25) is 0 Å². The summed E-state index contributed by atoms with van der Waals surface area (Å²) < 4.78 is 12.2. The molecule has 166 valence electrons. The van der Waals surface area contributed by atoms with Crippen LogP contribution in [0, 0.1) is 0 Å². The number of Topliss-reactive ketones (excluding diaryl/α,β-unsaturated/α-hetero) is 1. The van der Waals surface area contributed by atoms with E-state index in [1.807, 2.05) is 0 Å². The van der Waals surface area contributed by atoms with Gasteiger partial charge in [0, 0.05) is 0 Å². The highest BCUT2D eigenvalue weighted by Gasteiger charge is 2.45. The van der Waals surface area contributed by atoms with Crippen molar-refractivity contribution in [3.8, 4) is 0 Å². The van der Waals surface area contributed by atoms with Crippen LogP contribution in [-0.2, 0) is 14.0 Å². The first-order valence-corrected chi connectivity index (χ1v) is 14.9. The summed E-state index contributed by atoms with van der Waals surface area (Å²) in [7, 11) is -1.94. The lowest BCUT2D eigenvalue weighted by Crippen LogP contribution is -2.47. The SMILES string of the molecule is CCCCCCCCCCCCCC[C@@H]1OCC(=O)[C@@H]1O[Si](C)(C)C(C)(C)C.